The first-order chi connectivity index (χ1) is 4.55. The Morgan fingerprint density at radius 3 is 2.50 bits per heavy atom. The van der Waals surface area contributed by atoms with Gasteiger partial charge in [-0.15, -0.1) is 0 Å². The summed E-state index contributed by atoms with van der Waals surface area (Å²) >= 11 is 0. The molecule has 2 heteroatoms. The van der Waals surface area contributed by atoms with Gasteiger partial charge in [-0.25, -0.2) is 0 Å². The molecule has 0 bridgehead atoms. The van der Waals surface area contributed by atoms with Gasteiger partial charge in [0.25, 0.3) is 0 Å². The fraction of sp³-hybridized carbons (Fsp3) is 1.00. The monoisotopic (exact) mass is 143 g/mol. The lowest BCUT2D eigenvalue weighted by Crippen LogP contribution is -2.28. The third-order valence-electron chi connectivity index (χ3n) is 2.36. The Balaban J connectivity index is 2.52. The zero-order valence-electron chi connectivity index (χ0n) is 7.09. The Hall–Kier alpha value is -0.0800. The van der Waals surface area contributed by atoms with Crippen LogP contribution in [0.2, 0.25) is 0 Å². The van der Waals surface area contributed by atoms with Crippen LogP contribution in [0, 0.1) is 0 Å². The number of hydrogen-bond donors (Lipinski definition) is 1. The van der Waals surface area contributed by atoms with E-state index in [9.17, 15) is 5.11 Å². The van der Waals surface area contributed by atoms with Crippen LogP contribution in [0.4, 0.5) is 0 Å². The van der Waals surface area contributed by atoms with Crippen LogP contribution in [0.15, 0.2) is 0 Å². The molecule has 1 heterocycles. The van der Waals surface area contributed by atoms with Gasteiger partial charge in [-0.1, -0.05) is 6.92 Å². The first kappa shape index (κ1) is 8.02. The normalized spacial score (nSPS) is 42.6. The Morgan fingerprint density at radius 2 is 2.30 bits per heavy atom. The van der Waals surface area contributed by atoms with E-state index in [1.165, 1.54) is 0 Å². The second-order valence-electron chi connectivity index (χ2n) is 3.68. The van der Waals surface area contributed by atoms with Crippen LogP contribution in [-0.2, 0) is 0 Å². The minimum atomic E-state index is -0.435. The molecule has 60 valence electrons. The molecule has 2 unspecified atom stereocenters. The summed E-state index contributed by atoms with van der Waals surface area (Å²) in [5.41, 5.74) is -0.435. The zero-order valence-corrected chi connectivity index (χ0v) is 7.09. The van der Waals surface area contributed by atoms with Crippen LogP contribution in [0.25, 0.3) is 0 Å². The highest BCUT2D eigenvalue weighted by atomic mass is 16.3. The molecule has 0 aromatic rings. The van der Waals surface area contributed by atoms with E-state index in [2.05, 4.69) is 18.9 Å². The summed E-state index contributed by atoms with van der Waals surface area (Å²) < 4.78 is 0. The predicted octanol–water partition coefficient (Wildman–Crippen LogP) is 0.851. The van der Waals surface area contributed by atoms with Crippen molar-refractivity contribution >= 4 is 0 Å². The largest absolute Gasteiger partial charge is 0.389 e. The van der Waals surface area contributed by atoms with Gasteiger partial charge in [0.1, 0.15) is 0 Å². The number of aliphatic hydroxyl groups is 1. The van der Waals surface area contributed by atoms with Gasteiger partial charge < -0.3 is 10.0 Å². The summed E-state index contributed by atoms with van der Waals surface area (Å²) in [6, 6.07) is 0.593. The molecule has 10 heavy (non-hydrogen) atoms. The minimum absolute atomic E-state index is 0.435. The Kier molecular flexibility index (Phi) is 2.02. The maximum atomic E-state index is 9.62. The van der Waals surface area contributed by atoms with Crippen LogP contribution in [-0.4, -0.2) is 35.2 Å². The second kappa shape index (κ2) is 2.51. The molecule has 1 aliphatic rings. The van der Waals surface area contributed by atoms with Gasteiger partial charge in [-0.05, 0) is 26.8 Å². The molecule has 1 saturated heterocycles. The number of hydrogen-bond acceptors (Lipinski definition) is 2. The van der Waals surface area contributed by atoms with E-state index in [0.717, 1.165) is 19.4 Å². The summed E-state index contributed by atoms with van der Waals surface area (Å²) in [6.45, 7) is 4.91. The molecule has 0 amide bonds. The Bertz CT molecular complexity index is 122. The lowest BCUT2D eigenvalue weighted by Gasteiger charge is -2.15. The molecule has 2 nitrogen and oxygen atoms in total. The number of nitrogens with zero attached hydrogens (tertiary/aromatic N) is 1. The standard InChI is InChI=1S/C8H17NO/c1-4-7-5-8(2,10)6-9(7)3/h7,10H,4-6H2,1-3H3. The van der Waals surface area contributed by atoms with Crippen molar-refractivity contribution in [3.63, 3.8) is 0 Å². The van der Waals surface area contributed by atoms with Gasteiger partial charge in [0, 0.05) is 12.6 Å². The molecule has 0 aromatic heterocycles. The van der Waals surface area contributed by atoms with E-state index in [0.29, 0.717) is 6.04 Å². The number of rotatable bonds is 1. The van der Waals surface area contributed by atoms with Crippen LogP contribution < -0.4 is 0 Å². The lowest BCUT2D eigenvalue weighted by atomic mass is 10.0. The molecule has 0 spiro atoms. The molecule has 0 aromatic carbocycles. The van der Waals surface area contributed by atoms with Gasteiger partial charge >= 0.3 is 0 Å². The topological polar surface area (TPSA) is 23.5 Å². The van der Waals surface area contributed by atoms with Crippen molar-refractivity contribution in [2.24, 2.45) is 0 Å². The van der Waals surface area contributed by atoms with E-state index in [1.54, 1.807) is 0 Å². The van der Waals surface area contributed by atoms with Crippen molar-refractivity contribution in [2.75, 3.05) is 13.6 Å². The summed E-state index contributed by atoms with van der Waals surface area (Å²) in [5.74, 6) is 0. The molecule has 1 rings (SSSR count). The molecule has 0 saturated carbocycles. The van der Waals surface area contributed by atoms with E-state index < -0.39 is 5.60 Å². The van der Waals surface area contributed by atoms with E-state index in [-0.39, 0.29) is 0 Å². The second-order valence-corrected chi connectivity index (χ2v) is 3.68. The fourth-order valence-electron chi connectivity index (χ4n) is 1.85. The summed E-state index contributed by atoms with van der Waals surface area (Å²) in [4.78, 5) is 2.24. The van der Waals surface area contributed by atoms with Crippen LogP contribution in [0.3, 0.4) is 0 Å². The molecule has 1 aliphatic heterocycles. The van der Waals surface area contributed by atoms with Crippen molar-refractivity contribution in [1.82, 2.24) is 4.90 Å². The molecular formula is C8H17NO. The summed E-state index contributed by atoms with van der Waals surface area (Å²) in [6.07, 6.45) is 2.08. The molecule has 0 radical (unpaired) electrons. The van der Waals surface area contributed by atoms with Crippen molar-refractivity contribution in [2.45, 2.75) is 38.3 Å². The molecule has 1 fully saturated rings. The van der Waals surface area contributed by atoms with Crippen molar-refractivity contribution < 1.29 is 5.11 Å². The van der Waals surface area contributed by atoms with Gasteiger partial charge in [0.05, 0.1) is 5.60 Å². The smallest absolute Gasteiger partial charge is 0.0761 e. The van der Waals surface area contributed by atoms with Crippen molar-refractivity contribution in [3.05, 3.63) is 0 Å². The number of likely N-dealkylation sites (tertiary alicyclic amines) is 1. The first-order valence-electron chi connectivity index (χ1n) is 3.98. The highest BCUT2D eigenvalue weighted by Gasteiger charge is 2.35. The van der Waals surface area contributed by atoms with Crippen LogP contribution >= 0.6 is 0 Å². The van der Waals surface area contributed by atoms with Crippen LogP contribution in [0.1, 0.15) is 26.7 Å². The average Bonchev–Trinajstić information content (AvgIpc) is 2.05. The Labute approximate surface area is 62.8 Å². The van der Waals surface area contributed by atoms with Crippen molar-refractivity contribution in [3.8, 4) is 0 Å². The minimum Gasteiger partial charge on any atom is -0.389 e. The van der Waals surface area contributed by atoms with Gasteiger partial charge in [-0.2, -0.15) is 0 Å². The summed E-state index contributed by atoms with van der Waals surface area (Å²) in [5, 5.41) is 9.62. The first-order valence-corrected chi connectivity index (χ1v) is 3.98. The van der Waals surface area contributed by atoms with Crippen LogP contribution in [0.5, 0.6) is 0 Å². The molecule has 2 atom stereocenters. The number of likely N-dealkylation sites (N-methyl/N-ethyl adjacent to an activating group) is 1. The van der Waals surface area contributed by atoms with E-state index in [1.807, 2.05) is 6.92 Å². The number of β-amino-alcohol motifs (C(OH)–C–C–N with tert-alkyl or cyclic N) is 1. The highest BCUT2D eigenvalue weighted by molar-refractivity contribution is 4.90. The average molecular weight is 143 g/mol. The third kappa shape index (κ3) is 1.50. The SMILES string of the molecule is CCC1CC(C)(O)CN1C. The predicted molar refractivity (Wildman–Crippen MR) is 41.9 cm³/mol. The molecular weight excluding hydrogens is 126 g/mol. The van der Waals surface area contributed by atoms with Crippen molar-refractivity contribution in [1.29, 1.82) is 0 Å². The third-order valence-corrected chi connectivity index (χ3v) is 2.36. The zero-order chi connectivity index (χ0) is 7.78. The maximum Gasteiger partial charge on any atom is 0.0761 e. The fourth-order valence-corrected chi connectivity index (χ4v) is 1.85. The lowest BCUT2D eigenvalue weighted by molar-refractivity contribution is 0.0715. The highest BCUT2D eigenvalue weighted by Crippen LogP contribution is 2.26. The molecule has 0 aliphatic carbocycles. The van der Waals surface area contributed by atoms with E-state index >= 15 is 0 Å². The maximum absolute atomic E-state index is 9.62. The van der Waals surface area contributed by atoms with E-state index in [4.69, 9.17) is 0 Å². The molecule has 1 N–H and O–H groups in total. The Morgan fingerprint density at radius 1 is 1.70 bits per heavy atom. The van der Waals surface area contributed by atoms with Gasteiger partial charge in [0.2, 0.25) is 0 Å². The summed E-state index contributed by atoms with van der Waals surface area (Å²) in [7, 11) is 2.08. The van der Waals surface area contributed by atoms with Gasteiger partial charge in [-0.3, -0.25) is 0 Å². The van der Waals surface area contributed by atoms with Gasteiger partial charge in [0.15, 0.2) is 0 Å². The quantitative estimate of drug-likeness (QED) is 0.588.